The number of nitrogens with zero attached hydrogens (tertiary/aromatic N) is 2. The fourth-order valence-corrected chi connectivity index (χ4v) is 3.90. The molecule has 0 atom stereocenters. The number of allylic oxidation sites excluding steroid dienone is 1. The van der Waals surface area contributed by atoms with E-state index in [1.165, 1.54) is 4.57 Å². The predicted molar refractivity (Wildman–Crippen MR) is 124 cm³/mol. The lowest BCUT2D eigenvalue weighted by Crippen LogP contribution is -2.42. The number of ether oxygens (including phenoxy) is 2. The van der Waals surface area contributed by atoms with Gasteiger partial charge in [-0.3, -0.25) is 14.2 Å². The molecule has 1 amide bonds. The lowest BCUT2D eigenvalue weighted by molar-refractivity contribution is -0.147. The molecule has 32 heavy (non-hydrogen) atoms. The van der Waals surface area contributed by atoms with Crippen LogP contribution in [-0.4, -0.2) is 40.2 Å². The highest BCUT2D eigenvalue weighted by atomic mass is 16.6. The van der Waals surface area contributed by atoms with E-state index < -0.39 is 5.60 Å². The highest BCUT2D eigenvalue weighted by molar-refractivity contribution is 5.80. The summed E-state index contributed by atoms with van der Waals surface area (Å²) in [5, 5.41) is 0.916. The molecule has 0 unspecified atom stereocenters. The zero-order valence-corrected chi connectivity index (χ0v) is 19.1. The molecule has 2 aromatic rings. The molecular formula is C25H32N2O5. The maximum atomic E-state index is 13.4. The van der Waals surface area contributed by atoms with Gasteiger partial charge in [0.1, 0.15) is 5.60 Å². The summed E-state index contributed by atoms with van der Waals surface area (Å²) in [5.41, 5.74) is 0.720. The average Bonchev–Trinajstić information content (AvgIpc) is 2.75. The molecule has 0 bridgehead atoms. The Balaban J connectivity index is 1.80. The SMILES string of the molecule is C=CCCC(=O)OCn1c(=O)c(C2CCN(C(=O)OC(C)(C)C)CC2)cc2ccccc21. The molecule has 3 rings (SSSR count). The topological polar surface area (TPSA) is 77.8 Å². The fourth-order valence-electron chi connectivity index (χ4n) is 3.90. The van der Waals surface area contributed by atoms with Gasteiger partial charge in [0.2, 0.25) is 0 Å². The first-order valence-electron chi connectivity index (χ1n) is 11.1. The molecule has 1 aliphatic rings. The van der Waals surface area contributed by atoms with E-state index in [-0.39, 0.29) is 36.7 Å². The number of pyridine rings is 1. The van der Waals surface area contributed by atoms with Crippen molar-refractivity contribution in [2.75, 3.05) is 13.1 Å². The number of piperidine rings is 1. The average molecular weight is 441 g/mol. The number of fused-ring (bicyclic) bond motifs is 1. The van der Waals surface area contributed by atoms with Crippen molar-refractivity contribution in [3.63, 3.8) is 0 Å². The zero-order chi connectivity index (χ0) is 23.3. The molecule has 0 aliphatic carbocycles. The maximum Gasteiger partial charge on any atom is 0.410 e. The Morgan fingerprint density at radius 1 is 1.19 bits per heavy atom. The minimum atomic E-state index is -0.539. The van der Waals surface area contributed by atoms with Crippen LogP contribution in [0.15, 0.2) is 47.8 Å². The van der Waals surface area contributed by atoms with Crippen molar-refractivity contribution in [2.45, 2.75) is 64.7 Å². The third-order valence-corrected chi connectivity index (χ3v) is 5.52. The van der Waals surface area contributed by atoms with Gasteiger partial charge >= 0.3 is 12.1 Å². The van der Waals surface area contributed by atoms with E-state index in [9.17, 15) is 14.4 Å². The van der Waals surface area contributed by atoms with Crippen LogP contribution < -0.4 is 5.56 Å². The van der Waals surface area contributed by atoms with Crippen LogP contribution in [0.3, 0.4) is 0 Å². The largest absolute Gasteiger partial charge is 0.444 e. The van der Waals surface area contributed by atoms with Gasteiger partial charge in [-0.1, -0.05) is 24.3 Å². The van der Waals surface area contributed by atoms with E-state index in [1.807, 2.05) is 51.1 Å². The number of carbonyl (C=O) groups excluding carboxylic acids is 2. The van der Waals surface area contributed by atoms with Crippen LogP contribution in [0.4, 0.5) is 4.79 Å². The van der Waals surface area contributed by atoms with Crippen LogP contribution in [0.2, 0.25) is 0 Å². The van der Waals surface area contributed by atoms with E-state index >= 15 is 0 Å². The number of aromatic nitrogens is 1. The number of amides is 1. The molecule has 0 saturated carbocycles. The summed E-state index contributed by atoms with van der Waals surface area (Å²) >= 11 is 0. The molecular weight excluding hydrogens is 408 g/mol. The normalized spacial score (nSPS) is 14.9. The molecule has 7 nitrogen and oxygen atoms in total. The van der Waals surface area contributed by atoms with Crippen molar-refractivity contribution in [1.29, 1.82) is 0 Å². The summed E-state index contributed by atoms with van der Waals surface area (Å²) in [5.74, 6) is -0.342. The van der Waals surface area contributed by atoms with Crippen molar-refractivity contribution < 1.29 is 19.1 Å². The van der Waals surface area contributed by atoms with E-state index in [4.69, 9.17) is 9.47 Å². The number of esters is 1. The number of hydrogen-bond acceptors (Lipinski definition) is 5. The van der Waals surface area contributed by atoms with Gasteiger partial charge in [0, 0.05) is 25.1 Å². The van der Waals surface area contributed by atoms with Crippen LogP contribution in [0.25, 0.3) is 10.9 Å². The van der Waals surface area contributed by atoms with Gasteiger partial charge in [0.05, 0.1) is 5.52 Å². The first-order chi connectivity index (χ1) is 15.2. The summed E-state index contributed by atoms with van der Waals surface area (Å²) < 4.78 is 12.4. The van der Waals surface area contributed by atoms with Crippen molar-refractivity contribution in [3.05, 3.63) is 58.9 Å². The molecule has 1 saturated heterocycles. The lowest BCUT2D eigenvalue weighted by Gasteiger charge is -2.33. The van der Waals surface area contributed by atoms with Crippen LogP contribution in [0, 0.1) is 0 Å². The Morgan fingerprint density at radius 2 is 1.88 bits per heavy atom. The van der Waals surface area contributed by atoms with E-state index in [2.05, 4.69) is 6.58 Å². The van der Waals surface area contributed by atoms with Crippen molar-refractivity contribution in [1.82, 2.24) is 9.47 Å². The highest BCUT2D eigenvalue weighted by Gasteiger charge is 2.29. The zero-order valence-electron chi connectivity index (χ0n) is 19.1. The van der Waals surface area contributed by atoms with Gasteiger partial charge in [-0.15, -0.1) is 6.58 Å². The molecule has 0 N–H and O–H groups in total. The minimum absolute atomic E-state index is 0.0218. The van der Waals surface area contributed by atoms with E-state index in [0.717, 1.165) is 10.9 Å². The second-order valence-electron chi connectivity index (χ2n) is 9.11. The van der Waals surface area contributed by atoms with Crippen LogP contribution in [0.1, 0.15) is 57.9 Å². The number of hydrogen-bond donors (Lipinski definition) is 0. The summed E-state index contributed by atoms with van der Waals surface area (Å²) in [4.78, 5) is 39.4. The smallest absolute Gasteiger partial charge is 0.410 e. The van der Waals surface area contributed by atoms with Crippen LogP contribution in [0.5, 0.6) is 0 Å². The number of likely N-dealkylation sites (tertiary alicyclic amines) is 1. The molecule has 2 heterocycles. The Labute approximate surface area is 188 Å². The predicted octanol–water partition coefficient (Wildman–Crippen LogP) is 4.58. The Hall–Kier alpha value is -3.09. The van der Waals surface area contributed by atoms with Crippen LogP contribution >= 0.6 is 0 Å². The molecule has 0 radical (unpaired) electrons. The second-order valence-corrected chi connectivity index (χ2v) is 9.11. The lowest BCUT2D eigenvalue weighted by atomic mass is 9.89. The number of para-hydroxylation sites is 1. The summed E-state index contributed by atoms with van der Waals surface area (Å²) in [6.45, 7) is 10.1. The van der Waals surface area contributed by atoms with Crippen molar-refractivity contribution >= 4 is 23.0 Å². The third kappa shape index (κ3) is 5.78. The molecule has 7 heteroatoms. The van der Waals surface area contributed by atoms with E-state index in [0.29, 0.717) is 37.9 Å². The third-order valence-electron chi connectivity index (χ3n) is 5.52. The summed E-state index contributed by atoms with van der Waals surface area (Å²) in [6.07, 6.45) is 3.45. The first-order valence-corrected chi connectivity index (χ1v) is 11.1. The van der Waals surface area contributed by atoms with Gasteiger partial charge in [-0.25, -0.2) is 4.79 Å². The van der Waals surface area contributed by atoms with Gasteiger partial charge < -0.3 is 14.4 Å². The van der Waals surface area contributed by atoms with Gasteiger partial charge in [-0.2, -0.15) is 0 Å². The Morgan fingerprint density at radius 3 is 2.53 bits per heavy atom. The van der Waals surface area contributed by atoms with Gasteiger partial charge in [0.25, 0.3) is 5.56 Å². The molecule has 1 aromatic heterocycles. The monoisotopic (exact) mass is 440 g/mol. The van der Waals surface area contributed by atoms with Crippen molar-refractivity contribution in [3.8, 4) is 0 Å². The minimum Gasteiger partial charge on any atom is -0.444 e. The number of benzene rings is 1. The Bertz CT molecular complexity index is 1040. The van der Waals surface area contributed by atoms with Crippen molar-refractivity contribution in [2.24, 2.45) is 0 Å². The first kappa shape index (κ1) is 23.6. The quantitative estimate of drug-likeness (QED) is 0.485. The molecule has 0 spiro atoms. The molecule has 1 fully saturated rings. The van der Waals surface area contributed by atoms with E-state index in [1.54, 1.807) is 11.0 Å². The molecule has 172 valence electrons. The fraction of sp³-hybridized carbons (Fsp3) is 0.480. The molecule has 1 aliphatic heterocycles. The van der Waals surface area contributed by atoms with Crippen LogP contribution in [-0.2, 0) is 21.0 Å². The second kappa shape index (κ2) is 10.0. The van der Waals surface area contributed by atoms with Gasteiger partial charge in [0.15, 0.2) is 6.73 Å². The van der Waals surface area contributed by atoms with Gasteiger partial charge in [-0.05, 0) is 63.5 Å². The summed E-state index contributed by atoms with van der Waals surface area (Å²) in [7, 11) is 0. The number of carbonyl (C=O) groups is 2. The number of rotatable bonds is 6. The molecule has 1 aromatic carbocycles. The Kier molecular flexibility index (Phi) is 7.38. The maximum absolute atomic E-state index is 13.4. The summed E-state index contributed by atoms with van der Waals surface area (Å²) in [6, 6.07) is 9.51. The standard InChI is InChI=1S/C25H32N2O5/c1-5-6-11-22(28)31-17-27-21-10-8-7-9-19(21)16-20(23(27)29)18-12-14-26(15-13-18)24(30)32-25(2,3)4/h5,7-10,16,18H,1,6,11-15,17H2,2-4H3. The highest BCUT2D eigenvalue weighted by Crippen LogP contribution is 2.29.